The Morgan fingerprint density at radius 1 is 1.35 bits per heavy atom. The molecule has 1 heterocycles. The van der Waals surface area contributed by atoms with Gasteiger partial charge in [0.2, 0.25) is 0 Å². The summed E-state index contributed by atoms with van der Waals surface area (Å²) < 4.78 is 6.49. The molecule has 1 aromatic rings. The van der Waals surface area contributed by atoms with Gasteiger partial charge >= 0.3 is 0 Å². The van der Waals surface area contributed by atoms with Crippen molar-refractivity contribution in [3.05, 3.63) is 28.2 Å². The van der Waals surface area contributed by atoms with Crippen LogP contribution in [0.1, 0.15) is 30.9 Å². The average molecular weight is 339 g/mol. The molecule has 1 saturated heterocycles. The van der Waals surface area contributed by atoms with Gasteiger partial charge in [-0.2, -0.15) is 0 Å². The Morgan fingerprint density at radius 2 is 2.05 bits per heavy atom. The third-order valence-corrected chi connectivity index (χ3v) is 5.70. The van der Waals surface area contributed by atoms with Crippen LogP contribution in [-0.4, -0.2) is 31.6 Å². The summed E-state index contributed by atoms with van der Waals surface area (Å²) in [5.41, 5.74) is 7.35. The zero-order valence-corrected chi connectivity index (χ0v) is 13.6. The smallest absolute Gasteiger partial charge is 0.119 e. The molecular weight excluding hydrogens is 316 g/mol. The molecule has 3 atom stereocenters. The average Bonchev–Trinajstić information content (AvgIpc) is 3.03. The van der Waals surface area contributed by atoms with Gasteiger partial charge in [-0.1, -0.05) is 22.4 Å². The van der Waals surface area contributed by atoms with Crippen LogP contribution in [0.3, 0.4) is 0 Å². The highest BCUT2D eigenvalue weighted by Gasteiger charge is 2.39. The van der Waals surface area contributed by atoms with Crippen LogP contribution in [0.15, 0.2) is 22.7 Å². The van der Waals surface area contributed by atoms with Crippen LogP contribution in [0.25, 0.3) is 0 Å². The van der Waals surface area contributed by atoms with Gasteiger partial charge in [-0.25, -0.2) is 0 Å². The van der Waals surface area contributed by atoms with E-state index in [2.05, 4.69) is 33.0 Å². The number of nitrogens with two attached hydrogens (primary N) is 1. The fourth-order valence-corrected chi connectivity index (χ4v) is 4.41. The maximum atomic E-state index is 6.09. The van der Waals surface area contributed by atoms with Crippen molar-refractivity contribution in [1.82, 2.24) is 4.90 Å². The summed E-state index contributed by atoms with van der Waals surface area (Å²) in [5, 5.41) is 0. The molecule has 3 rings (SSSR count). The van der Waals surface area contributed by atoms with Crippen molar-refractivity contribution in [2.75, 3.05) is 26.7 Å². The van der Waals surface area contributed by atoms with Gasteiger partial charge in [0.25, 0.3) is 0 Å². The predicted molar refractivity (Wildman–Crippen MR) is 84.9 cm³/mol. The monoisotopic (exact) mass is 338 g/mol. The minimum Gasteiger partial charge on any atom is -0.497 e. The van der Waals surface area contributed by atoms with Gasteiger partial charge in [-0.15, -0.1) is 0 Å². The molecule has 0 aromatic heterocycles. The highest BCUT2D eigenvalue weighted by atomic mass is 79.9. The Balaban J connectivity index is 1.83. The number of rotatable bonds is 4. The second-order valence-corrected chi connectivity index (χ2v) is 6.90. The van der Waals surface area contributed by atoms with Crippen molar-refractivity contribution in [1.29, 1.82) is 0 Å². The first-order valence-electron chi connectivity index (χ1n) is 7.50. The number of ether oxygens (including phenoxy) is 1. The fourth-order valence-electron chi connectivity index (χ4n) is 3.90. The molecule has 0 radical (unpaired) electrons. The standard InChI is InChI=1S/C16H23BrN2O/c1-20-13-5-6-15(17)14(7-13)16(8-18)19-9-11-3-2-4-12(11)10-19/h5-7,11-12,16H,2-4,8-10,18H2,1H3. The number of benzene rings is 1. The number of hydrogen-bond donors (Lipinski definition) is 1. The van der Waals surface area contributed by atoms with Crippen LogP contribution in [-0.2, 0) is 0 Å². The molecule has 0 spiro atoms. The number of hydrogen-bond acceptors (Lipinski definition) is 3. The van der Waals surface area contributed by atoms with E-state index in [1.807, 2.05) is 6.07 Å². The van der Waals surface area contributed by atoms with E-state index in [0.717, 1.165) is 22.1 Å². The molecule has 0 bridgehead atoms. The molecule has 20 heavy (non-hydrogen) atoms. The summed E-state index contributed by atoms with van der Waals surface area (Å²) in [6, 6.07) is 6.47. The maximum absolute atomic E-state index is 6.09. The van der Waals surface area contributed by atoms with Crippen molar-refractivity contribution in [2.45, 2.75) is 25.3 Å². The number of fused-ring (bicyclic) bond motifs is 1. The topological polar surface area (TPSA) is 38.5 Å². The molecule has 4 heteroatoms. The Hall–Kier alpha value is -0.580. The molecule has 110 valence electrons. The lowest BCUT2D eigenvalue weighted by Crippen LogP contribution is -2.33. The van der Waals surface area contributed by atoms with Gasteiger partial charge in [0.1, 0.15) is 5.75 Å². The van der Waals surface area contributed by atoms with E-state index in [-0.39, 0.29) is 0 Å². The van der Waals surface area contributed by atoms with E-state index in [1.54, 1.807) is 7.11 Å². The predicted octanol–water partition coefficient (Wildman–Crippen LogP) is 3.19. The number of halogens is 1. The Kier molecular flexibility index (Phi) is 4.34. The summed E-state index contributed by atoms with van der Waals surface area (Å²) in [6.45, 7) is 3.07. The Morgan fingerprint density at radius 3 is 2.65 bits per heavy atom. The molecule has 0 amide bonds. The van der Waals surface area contributed by atoms with Crippen LogP contribution in [0.2, 0.25) is 0 Å². The molecule has 2 aliphatic rings. The van der Waals surface area contributed by atoms with Crippen LogP contribution in [0.5, 0.6) is 5.75 Å². The first kappa shape index (κ1) is 14.4. The molecule has 3 nitrogen and oxygen atoms in total. The van der Waals surface area contributed by atoms with Crippen LogP contribution >= 0.6 is 15.9 Å². The summed E-state index contributed by atoms with van der Waals surface area (Å²) >= 11 is 3.67. The lowest BCUT2D eigenvalue weighted by Gasteiger charge is -2.29. The Bertz CT molecular complexity index is 468. The minimum absolute atomic E-state index is 0.296. The molecule has 2 fully saturated rings. The highest BCUT2D eigenvalue weighted by molar-refractivity contribution is 9.10. The summed E-state index contributed by atoms with van der Waals surface area (Å²) in [4.78, 5) is 2.58. The van der Waals surface area contributed by atoms with Gasteiger partial charge in [0.05, 0.1) is 7.11 Å². The zero-order valence-electron chi connectivity index (χ0n) is 12.0. The lowest BCUT2D eigenvalue weighted by atomic mass is 10.0. The van der Waals surface area contributed by atoms with Gasteiger partial charge in [0, 0.05) is 30.1 Å². The maximum Gasteiger partial charge on any atom is 0.119 e. The third-order valence-electron chi connectivity index (χ3n) is 4.98. The first-order valence-corrected chi connectivity index (χ1v) is 8.29. The van der Waals surface area contributed by atoms with Crippen LogP contribution < -0.4 is 10.5 Å². The molecule has 2 N–H and O–H groups in total. The van der Waals surface area contributed by atoms with Gasteiger partial charge in [0.15, 0.2) is 0 Å². The molecule has 1 aliphatic heterocycles. The molecule has 1 saturated carbocycles. The van der Waals surface area contributed by atoms with E-state index in [9.17, 15) is 0 Å². The Labute approximate surface area is 129 Å². The van der Waals surface area contributed by atoms with Crippen LogP contribution in [0, 0.1) is 11.8 Å². The van der Waals surface area contributed by atoms with Gasteiger partial charge in [-0.05, 0) is 48.4 Å². The fraction of sp³-hybridized carbons (Fsp3) is 0.625. The van der Waals surface area contributed by atoms with E-state index < -0.39 is 0 Å². The molecule has 3 unspecified atom stereocenters. The van der Waals surface area contributed by atoms with E-state index in [4.69, 9.17) is 10.5 Å². The minimum atomic E-state index is 0.296. The van der Waals surface area contributed by atoms with Gasteiger partial charge in [-0.3, -0.25) is 4.90 Å². The van der Waals surface area contributed by atoms with E-state index in [0.29, 0.717) is 12.6 Å². The number of nitrogens with zero attached hydrogens (tertiary/aromatic N) is 1. The summed E-state index contributed by atoms with van der Waals surface area (Å²) in [7, 11) is 1.71. The summed E-state index contributed by atoms with van der Waals surface area (Å²) in [6.07, 6.45) is 4.22. The normalized spacial score (nSPS) is 27.6. The highest BCUT2D eigenvalue weighted by Crippen LogP contribution is 2.42. The summed E-state index contributed by atoms with van der Waals surface area (Å²) in [5.74, 6) is 2.70. The second-order valence-electron chi connectivity index (χ2n) is 6.04. The lowest BCUT2D eigenvalue weighted by molar-refractivity contribution is 0.230. The van der Waals surface area contributed by atoms with Crippen molar-refractivity contribution in [3.63, 3.8) is 0 Å². The van der Waals surface area contributed by atoms with E-state index in [1.165, 1.54) is 37.9 Å². The van der Waals surface area contributed by atoms with Crippen LogP contribution in [0.4, 0.5) is 0 Å². The van der Waals surface area contributed by atoms with Gasteiger partial charge < -0.3 is 10.5 Å². The quantitative estimate of drug-likeness (QED) is 0.916. The van der Waals surface area contributed by atoms with E-state index >= 15 is 0 Å². The zero-order chi connectivity index (χ0) is 14.1. The third kappa shape index (κ3) is 2.61. The number of methoxy groups -OCH3 is 1. The molecule has 1 aliphatic carbocycles. The largest absolute Gasteiger partial charge is 0.497 e. The van der Waals surface area contributed by atoms with Crippen molar-refractivity contribution >= 4 is 15.9 Å². The molecular formula is C16H23BrN2O. The SMILES string of the molecule is COc1ccc(Br)c(C(CN)N2CC3CCCC3C2)c1. The second kappa shape index (κ2) is 6.04. The number of likely N-dealkylation sites (tertiary alicyclic amines) is 1. The van der Waals surface area contributed by atoms with Crippen molar-refractivity contribution < 1.29 is 4.74 Å². The first-order chi connectivity index (χ1) is 9.72. The van der Waals surface area contributed by atoms with Crippen molar-refractivity contribution in [3.8, 4) is 5.75 Å². The van der Waals surface area contributed by atoms with Crippen molar-refractivity contribution in [2.24, 2.45) is 17.6 Å². The molecule has 1 aromatic carbocycles.